The first-order valence-corrected chi connectivity index (χ1v) is 9.89. The van der Waals surface area contributed by atoms with Gasteiger partial charge in [0.15, 0.2) is 0 Å². The average molecular weight is 338 g/mol. The van der Waals surface area contributed by atoms with Crippen LogP contribution in [0.15, 0.2) is 0 Å². The smallest absolute Gasteiger partial charge is 0.109 e. The summed E-state index contributed by atoms with van der Waals surface area (Å²) in [6.45, 7) is 4.60. The molecule has 0 unspecified atom stereocenters. The average Bonchev–Trinajstić information content (AvgIpc) is 2.87. The summed E-state index contributed by atoms with van der Waals surface area (Å²) in [4.78, 5) is 0. The van der Waals surface area contributed by atoms with Crippen LogP contribution in [0.1, 0.15) is 65.2 Å². The van der Waals surface area contributed by atoms with Crippen molar-refractivity contribution < 1.29 is 20.1 Å². The summed E-state index contributed by atoms with van der Waals surface area (Å²) in [6.07, 6.45) is 6.12. The molecule has 0 aromatic heterocycles. The third-order valence-corrected chi connectivity index (χ3v) is 9.19. The van der Waals surface area contributed by atoms with Crippen LogP contribution in [0.2, 0.25) is 0 Å². The van der Waals surface area contributed by atoms with Crippen LogP contribution in [0.3, 0.4) is 0 Å². The van der Waals surface area contributed by atoms with Gasteiger partial charge in [-0.25, -0.2) is 0 Å². The number of hydrogen-bond donors (Lipinski definition) is 3. The number of methoxy groups -OCH3 is 1. The Morgan fingerprint density at radius 2 is 1.58 bits per heavy atom. The van der Waals surface area contributed by atoms with E-state index >= 15 is 0 Å². The van der Waals surface area contributed by atoms with Gasteiger partial charge in [0.2, 0.25) is 0 Å². The number of aliphatic hydroxyl groups excluding tert-OH is 3. The van der Waals surface area contributed by atoms with Gasteiger partial charge < -0.3 is 20.1 Å². The standard InChI is InChI=1S/C20H34O4/c1-18-9-7-14-12(13(18)4-5-16(18)22)6-11-20(24-3)17(23)15(21)8-10-19(14,20)2/h12-17,21-23H,4-11H2,1-3H3/t12-,13-,14-,15-,16-,17-,18-,19+,20+/m0/s1. The van der Waals surface area contributed by atoms with Crippen molar-refractivity contribution in [3.63, 3.8) is 0 Å². The van der Waals surface area contributed by atoms with E-state index in [1.807, 2.05) is 0 Å². The van der Waals surface area contributed by atoms with Crippen LogP contribution in [0.4, 0.5) is 0 Å². The third-order valence-electron chi connectivity index (χ3n) is 9.19. The Hall–Kier alpha value is -0.160. The molecule has 138 valence electrons. The van der Waals surface area contributed by atoms with Crippen LogP contribution in [0.25, 0.3) is 0 Å². The summed E-state index contributed by atoms with van der Waals surface area (Å²) in [7, 11) is 1.71. The summed E-state index contributed by atoms with van der Waals surface area (Å²) in [5.74, 6) is 1.75. The van der Waals surface area contributed by atoms with Crippen molar-refractivity contribution in [2.75, 3.05) is 7.11 Å². The second-order valence-corrected chi connectivity index (χ2v) is 9.62. The van der Waals surface area contributed by atoms with E-state index in [1.165, 1.54) is 0 Å². The summed E-state index contributed by atoms with van der Waals surface area (Å²) in [5.41, 5.74) is -0.619. The fourth-order valence-electron chi connectivity index (χ4n) is 7.69. The molecule has 0 amide bonds. The zero-order valence-electron chi connectivity index (χ0n) is 15.4. The predicted octanol–water partition coefficient (Wildman–Crippen LogP) is 2.49. The molecule has 4 heteroatoms. The van der Waals surface area contributed by atoms with Crippen LogP contribution in [-0.2, 0) is 4.74 Å². The SMILES string of the molecule is CO[C@@]12CC[C@H]3[C@@H]4CC[C@H](O)[C@@]4(C)CC[C@@H]3[C@@]1(C)CC[C@H](O)[C@@H]2O. The lowest BCUT2D eigenvalue weighted by Crippen LogP contribution is -2.69. The highest BCUT2D eigenvalue weighted by Gasteiger charge is 2.67. The summed E-state index contributed by atoms with van der Waals surface area (Å²) in [5, 5.41) is 31.7. The lowest BCUT2D eigenvalue weighted by Gasteiger charge is -2.66. The molecule has 24 heavy (non-hydrogen) atoms. The fourth-order valence-corrected chi connectivity index (χ4v) is 7.69. The van der Waals surface area contributed by atoms with Gasteiger partial charge in [0.25, 0.3) is 0 Å². The Kier molecular flexibility index (Phi) is 3.90. The normalized spacial score (nSPS) is 60.2. The van der Waals surface area contributed by atoms with Crippen molar-refractivity contribution in [3.8, 4) is 0 Å². The van der Waals surface area contributed by atoms with Gasteiger partial charge in [-0.3, -0.25) is 0 Å². The van der Waals surface area contributed by atoms with Gasteiger partial charge in [-0.2, -0.15) is 0 Å². The van der Waals surface area contributed by atoms with E-state index in [9.17, 15) is 15.3 Å². The van der Waals surface area contributed by atoms with Gasteiger partial charge in [-0.15, -0.1) is 0 Å². The molecular formula is C20H34O4. The molecule has 0 heterocycles. The quantitative estimate of drug-likeness (QED) is 0.687. The number of fused-ring (bicyclic) bond motifs is 5. The highest BCUT2D eigenvalue weighted by atomic mass is 16.5. The van der Waals surface area contributed by atoms with Gasteiger partial charge in [0.05, 0.1) is 12.2 Å². The molecule has 0 spiro atoms. The highest BCUT2D eigenvalue weighted by molar-refractivity contribution is 5.17. The monoisotopic (exact) mass is 338 g/mol. The number of hydrogen-bond acceptors (Lipinski definition) is 4. The van der Waals surface area contributed by atoms with Crippen molar-refractivity contribution in [3.05, 3.63) is 0 Å². The van der Waals surface area contributed by atoms with Crippen molar-refractivity contribution in [2.45, 2.75) is 89.1 Å². The molecular weight excluding hydrogens is 304 g/mol. The van der Waals surface area contributed by atoms with Crippen LogP contribution >= 0.6 is 0 Å². The molecule has 0 aromatic rings. The summed E-state index contributed by atoms with van der Waals surface area (Å²) in [6, 6.07) is 0. The maximum Gasteiger partial charge on any atom is 0.109 e. The molecule has 9 atom stereocenters. The number of aliphatic hydroxyl groups is 3. The van der Waals surface area contributed by atoms with Crippen LogP contribution in [-0.4, -0.2) is 46.3 Å². The van der Waals surface area contributed by atoms with Crippen molar-refractivity contribution in [1.82, 2.24) is 0 Å². The summed E-state index contributed by atoms with van der Waals surface area (Å²) < 4.78 is 6.02. The Morgan fingerprint density at radius 3 is 2.29 bits per heavy atom. The van der Waals surface area contributed by atoms with Crippen LogP contribution < -0.4 is 0 Å². The molecule has 0 saturated heterocycles. The van der Waals surface area contributed by atoms with Crippen molar-refractivity contribution in [1.29, 1.82) is 0 Å². The van der Waals surface area contributed by atoms with Gasteiger partial charge in [0, 0.05) is 12.5 Å². The molecule has 4 saturated carbocycles. The molecule has 0 aliphatic heterocycles. The van der Waals surface area contributed by atoms with E-state index in [4.69, 9.17) is 4.74 Å². The molecule has 4 nitrogen and oxygen atoms in total. The number of rotatable bonds is 1. The number of ether oxygens (including phenoxy) is 1. The fraction of sp³-hybridized carbons (Fsp3) is 1.00. The van der Waals surface area contributed by atoms with Crippen LogP contribution in [0.5, 0.6) is 0 Å². The molecule has 4 rings (SSSR count). The van der Waals surface area contributed by atoms with Gasteiger partial charge >= 0.3 is 0 Å². The minimum absolute atomic E-state index is 0.0807. The Balaban J connectivity index is 1.71. The maximum absolute atomic E-state index is 10.8. The van der Waals surface area contributed by atoms with Crippen LogP contribution in [0, 0.1) is 28.6 Å². The molecule has 4 aliphatic rings. The van der Waals surface area contributed by atoms with Crippen molar-refractivity contribution in [2.24, 2.45) is 28.6 Å². The zero-order valence-corrected chi connectivity index (χ0v) is 15.4. The van der Waals surface area contributed by atoms with Gasteiger partial charge in [-0.05, 0) is 74.5 Å². The Labute approximate surface area is 145 Å². The van der Waals surface area contributed by atoms with E-state index in [0.717, 1.165) is 44.9 Å². The first-order valence-electron chi connectivity index (χ1n) is 9.89. The Bertz CT molecular complexity index is 510. The molecule has 0 aromatic carbocycles. The molecule has 4 aliphatic carbocycles. The van der Waals surface area contributed by atoms with E-state index in [1.54, 1.807) is 7.11 Å². The lowest BCUT2D eigenvalue weighted by molar-refractivity contribution is -0.278. The maximum atomic E-state index is 10.8. The van der Waals surface area contributed by atoms with Gasteiger partial charge in [0.1, 0.15) is 11.7 Å². The highest BCUT2D eigenvalue weighted by Crippen LogP contribution is 2.67. The van der Waals surface area contributed by atoms with E-state index in [-0.39, 0.29) is 16.9 Å². The molecule has 4 fully saturated rings. The molecule has 0 radical (unpaired) electrons. The third kappa shape index (κ3) is 1.89. The summed E-state index contributed by atoms with van der Waals surface area (Å²) >= 11 is 0. The first-order chi connectivity index (χ1) is 11.3. The topological polar surface area (TPSA) is 69.9 Å². The predicted molar refractivity (Wildman–Crippen MR) is 91.4 cm³/mol. The largest absolute Gasteiger partial charge is 0.393 e. The lowest BCUT2D eigenvalue weighted by atomic mass is 9.43. The minimum atomic E-state index is -0.787. The van der Waals surface area contributed by atoms with E-state index < -0.39 is 17.8 Å². The van der Waals surface area contributed by atoms with E-state index in [2.05, 4.69) is 13.8 Å². The second-order valence-electron chi connectivity index (χ2n) is 9.62. The Morgan fingerprint density at radius 1 is 0.833 bits per heavy atom. The zero-order chi connectivity index (χ0) is 17.3. The minimum Gasteiger partial charge on any atom is -0.393 e. The molecule has 3 N–H and O–H groups in total. The molecule has 0 bridgehead atoms. The van der Waals surface area contributed by atoms with Crippen molar-refractivity contribution >= 4 is 0 Å². The second kappa shape index (κ2) is 5.42. The van der Waals surface area contributed by atoms with Gasteiger partial charge in [-0.1, -0.05) is 13.8 Å². The first kappa shape index (κ1) is 17.3. The van der Waals surface area contributed by atoms with E-state index in [0.29, 0.717) is 24.2 Å².